The molecule has 0 heterocycles. The highest BCUT2D eigenvalue weighted by Crippen LogP contribution is 2.21. The summed E-state index contributed by atoms with van der Waals surface area (Å²) in [7, 11) is 2.04. The predicted octanol–water partition coefficient (Wildman–Crippen LogP) is 3.05. The van der Waals surface area contributed by atoms with Crippen molar-refractivity contribution in [3.05, 3.63) is 60.7 Å². The molecule has 2 aromatic carbocycles. The zero-order valence-corrected chi connectivity index (χ0v) is 8.07. The van der Waals surface area contributed by atoms with Gasteiger partial charge in [-0.05, 0) is 24.3 Å². The van der Waals surface area contributed by atoms with Gasteiger partial charge in [-0.1, -0.05) is 30.3 Å². The lowest BCUT2D eigenvalue weighted by Crippen LogP contribution is -2.08. The molecular weight excluding hydrogens is 170 g/mol. The Morgan fingerprint density at radius 2 is 1.71 bits per heavy atom. The van der Waals surface area contributed by atoms with Crippen LogP contribution in [-0.4, -0.2) is 7.05 Å². The minimum Gasteiger partial charge on any atom is -0.344 e. The van der Waals surface area contributed by atoms with Crippen molar-refractivity contribution >= 4 is 11.4 Å². The molecule has 0 unspecified atom stereocenters. The van der Waals surface area contributed by atoms with Gasteiger partial charge in [-0.15, -0.1) is 0 Å². The van der Waals surface area contributed by atoms with Crippen LogP contribution < -0.4 is 4.90 Å². The monoisotopic (exact) mass is 181 g/mol. The van der Waals surface area contributed by atoms with Gasteiger partial charge in [-0.2, -0.15) is 0 Å². The molecule has 1 heteroatoms. The first-order chi connectivity index (χ1) is 6.88. The third kappa shape index (κ3) is 1.70. The normalized spacial score (nSPS) is 9.21. The topological polar surface area (TPSA) is 3.24 Å². The fraction of sp³-hybridized carbons (Fsp3) is 0.0769. The van der Waals surface area contributed by atoms with Gasteiger partial charge in [-0.25, -0.2) is 0 Å². The second kappa shape index (κ2) is 3.85. The lowest BCUT2D eigenvalue weighted by atomic mass is 10.2. The van der Waals surface area contributed by atoms with Crippen LogP contribution in [0.3, 0.4) is 0 Å². The highest BCUT2D eigenvalue weighted by molar-refractivity contribution is 5.61. The van der Waals surface area contributed by atoms with Gasteiger partial charge in [0.25, 0.3) is 0 Å². The van der Waals surface area contributed by atoms with Crippen molar-refractivity contribution in [2.75, 3.05) is 11.9 Å². The summed E-state index contributed by atoms with van der Waals surface area (Å²) in [6.45, 7) is 0. The quantitative estimate of drug-likeness (QED) is 0.688. The Labute approximate surface area is 84.6 Å². The van der Waals surface area contributed by atoms with Crippen molar-refractivity contribution in [3.8, 4) is 0 Å². The first kappa shape index (κ1) is 8.65. The maximum Gasteiger partial charge on any atom is 0.0499 e. The molecule has 0 bridgehead atoms. The van der Waals surface area contributed by atoms with E-state index in [4.69, 9.17) is 0 Å². The van der Waals surface area contributed by atoms with Crippen LogP contribution >= 0.6 is 0 Å². The minimum absolute atomic E-state index is 1.12. The van der Waals surface area contributed by atoms with Crippen molar-refractivity contribution in [2.45, 2.75) is 0 Å². The molecule has 1 nitrogen and oxygen atoms in total. The molecule has 0 radical (unpaired) electrons. The van der Waals surface area contributed by atoms with Crippen LogP contribution in [0.25, 0.3) is 0 Å². The Kier molecular flexibility index (Phi) is 2.38. The summed E-state index contributed by atoms with van der Waals surface area (Å²) in [4.78, 5) is 2.12. The maximum absolute atomic E-state index is 2.94. The van der Waals surface area contributed by atoms with Crippen molar-refractivity contribution in [1.29, 1.82) is 0 Å². The van der Waals surface area contributed by atoms with Gasteiger partial charge in [0.05, 0.1) is 0 Å². The fourth-order valence-corrected chi connectivity index (χ4v) is 1.35. The van der Waals surface area contributed by atoms with E-state index in [1.807, 2.05) is 43.4 Å². The SMILES string of the molecule is CN(c1cc#ccc1)c1ccccc1. The lowest BCUT2D eigenvalue weighted by molar-refractivity contribution is 1.21. The predicted molar refractivity (Wildman–Crippen MR) is 58.6 cm³/mol. The third-order valence-corrected chi connectivity index (χ3v) is 2.17. The van der Waals surface area contributed by atoms with Crippen molar-refractivity contribution in [2.24, 2.45) is 0 Å². The summed E-state index contributed by atoms with van der Waals surface area (Å²) in [6.07, 6.45) is 0. The van der Waals surface area contributed by atoms with E-state index in [9.17, 15) is 0 Å². The molecule has 0 fully saturated rings. The van der Waals surface area contributed by atoms with E-state index >= 15 is 0 Å². The van der Waals surface area contributed by atoms with E-state index in [1.54, 1.807) is 0 Å². The standard InChI is InChI=1S/C13H11N/c1-14(12-8-4-2-5-9-12)13-10-6-3-7-11-13/h2,4-6,8-11H,1H3. The Balaban J connectivity index is 2.30. The second-order valence-corrected chi connectivity index (χ2v) is 3.09. The van der Waals surface area contributed by atoms with Crippen LogP contribution in [0.4, 0.5) is 11.4 Å². The number of hydrogen-bond donors (Lipinski definition) is 0. The zero-order valence-electron chi connectivity index (χ0n) is 8.07. The largest absolute Gasteiger partial charge is 0.344 e. The van der Waals surface area contributed by atoms with Gasteiger partial charge >= 0.3 is 0 Å². The van der Waals surface area contributed by atoms with Crippen LogP contribution in [0.1, 0.15) is 0 Å². The Hall–Kier alpha value is -1.94. The van der Waals surface area contributed by atoms with Crippen molar-refractivity contribution in [1.82, 2.24) is 0 Å². The van der Waals surface area contributed by atoms with E-state index in [0.717, 1.165) is 5.69 Å². The van der Waals surface area contributed by atoms with Gasteiger partial charge in [0, 0.05) is 24.5 Å². The molecule has 0 saturated carbocycles. The third-order valence-electron chi connectivity index (χ3n) is 2.17. The zero-order chi connectivity index (χ0) is 9.80. The average Bonchev–Trinajstić information content (AvgIpc) is 2.30. The van der Waals surface area contributed by atoms with Gasteiger partial charge in [0.2, 0.25) is 0 Å². The Morgan fingerprint density at radius 1 is 0.929 bits per heavy atom. The van der Waals surface area contributed by atoms with Crippen molar-refractivity contribution < 1.29 is 0 Å². The van der Waals surface area contributed by atoms with Crippen LogP contribution in [0.2, 0.25) is 0 Å². The summed E-state index contributed by atoms with van der Waals surface area (Å²) in [5, 5.41) is 0. The second-order valence-electron chi connectivity index (χ2n) is 3.09. The lowest BCUT2D eigenvalue weighted by Gasteiger charge is -2.18. The van der Waals surface area contributed by atoms with Crippen LogP contribution in [0.5, 0.6) is 0 Å². The van der Waals surface area contributed by atoms with Crippen LogP contribution in [-0.2, 0) is 0 Å². The molecule has 2 rings (SSSR count). The summed E-state index contributed by atoms with van der Waals surface area (Å²) in [6, 6.07) is 21.9. The van der Waals surface area contributed by atoms with Gasteiger partial charge in [-0.3, -0.25) is 0 Å². The molecule has 0 spiro atoms. The highest BCUT2D eigenvalue weighted by atomic mass is 15.1. The summed E-state index contributed by atoms with van der Waals surface area (Å²) < 4.78 is 0. The Bertz CT molecular complexity index is 341. The van der Waals surface area contributed by atoms with E-state index in [1.165, 1.54) is 5.69 Å². The first-order valence-corrected chi connectivity index (χ1v) is 4.54. The summed E-state index contributed by atoms with van der Waals surface area (Å²) >= 11 is 0. The molecule has 0 N–H and O–H groups in total. The molecule has 0 aliphatic heterocycles. The number of nitrogens with zero attached hydrogens (tertiary/aromatic N) is 1. The fourth-order valence-electron chi connectivity index (χ4n) is 1.35. The average molecular weight is 181 g/mol. The summed E-state index contributed by atoms with van der Waals surface area (Å²) in [5.41, 5.74) is 2.29. The van der Waals surface area contributed by atoms with Crippen LogP contribution in [0.15, 0.2) is 48.5 Å². The molecule has 0 aliphatic rings. The van der Waals surface area contributed by atoms with Crippen molar-refractivity contribution in [3.63, 3.8) is 0 Å². The number of rotatable bonds is 2. The van der Waals surface area contributed by atoms with Crippen LogP contribution in [0, 0.1) is 12.1 Å². The smallest absolute Gasteiger partial charge is 0.0499 e. The molecule has 0 atom stereocenters. The molecule has 14 heavy (non-hydrogen) atoms. The molecule has 0 saturated heterocycles. The molecule has 2 aromatic rings. The molecule has 0 aromatic heterocycles. The number of para-hydroxylation sites is 1. The maximum atomic E-state index is 2.94. The summed E-state index contributed by atoms with van der Waals surface area (Å²) in [5.74, 6) is 0. The number of benzene rings is 1. The first-order valence-electron chi connectivity index (χ1n) is 4.54. The van der Waals surface area contributed by atoms with Gasteiger partial charge < -0.3 is 4.90 Å². The number of anilines is 2. The Morgan fingerprint density at radius 3 is 2.36 bits per heavy atom. The van der Waals surface area contributed by atoms with E-state index in [0.29, 0.717) is 0 Å². The molecular formula is C13H11N. The minimum atomic E-state index is 1.12. The number of hydrogen-bond acceptors (Lipinski definition) is 1. The highest BCUT2D eigenvalue weighted by Gasteiger charge is 2.00. The molecule has 0 aliphatic carbocycles. The molecule has 0 amide bonds. The van der Waals surface area contributed by atoms with E-state index in [-0.39, 0.29) is 0 Å². The van der Waals surface area contributed by atoms with E-state index in [2.05, 4.69) is 29.2 Å². The van der Waals surface area contributed by atoms with Gasteiger partial charge in [0.1, 0.15) is 0 Å². The molecule has 68 valence electrons. The van der Waals surface area contributed by atoms with E-state index < -0.39 is 0 Å². The van der Waals surface area contributed by atoms with Gasteiger partial charge in [0.15, 0.2) is 0 Å².